The zero-order valence-corrected chi connectivity index (χ0v) is 51.6. The number of hydrogen-bond donors (Lipinski definition) is 1. The summed E-state index contributed by atoms with van der Waals surface area (Å²) in [4.78, 5) is 2.38. The van der Waals surface area contributed by atoms with E-state index in [0.29, 0.717) is 21.7 Å². The summed E-state index contributed by atoms with van der Waals surface area (Å²) < 4.78 is 0. The van der Waals surface area contributed by atoms with E-state index in [0.717, 1.165) is 7.11 Å². The van der Waals surface area contributed by atoms with Gasteiger partial charge in [0, 0.05) is 15.2 Å². The first-order valence-electron chi connectivity index (χ1n) is 19.7. The van der Waals surface area contributed by atoms with Crippen molar-refractivity contribution in [2.45, 2.75) is 223 Å². The van der Waals surface area contributed by atoms with Crippen LogP contribution < -0.4 is 0 Å². The summed E-state index contributed by atoms with van der Waals surface area (Å²) >= 11 is 0. The van der Waals surface area contributed by atoms with Crippen LogP contribution in [0.1, 0.15) is 83.1 Å². The highest BCUT2D eigenvalue weighted by Crippen LogP contribution is 2.61. The lowest BCUT2D eigenvalue weighted by molar-refractivity contribution is 0.321. The van der Waals surface area contributed by atoms with Crippen molar-refractivity contribution in [2.75, 3.05) is 26.7 Å². The van der Waals surface area contributed by atoms with Gasteiger partial charge in [-0.15, -0.1) is 23.0 Å². The summed E-state index contributed by atoms with van der Waals surface area (Å²) in [7, 11) is -1.16. The normalized spacial score (nSPS) is 13.7. The van der Waals surface area contributed by atoms with E-state index >= 15 is 0 Å². The average Bonchev–Trinajstić information content (AvgIpc) is 2.75. The predicted octanol–water partition coefficient (Wildman–Crippen LogP) is 16.4. The van der Waals surface area contributed by atoms with Crippen molar-refractivity contribution < 1.29 is 5.11 Å². The van der Waals surface area contributed by atoms with Gasteiger partial charge >= 0.3 is 0 Å². The Morgan fingerprint density at radius 2 is 0.620 bits per heavy atom. The Kier molecular flexibility index (Phi) is 32.5. The van der Waals surface area contributed by atoms with Crippen molar-refractivity contribution in [2.24, 2.45) is 0 Å². The maximum absolute atomic E-state index is 7.00. The number of hydrogen-bond acceptors (Lipinski definition) is 2. The van der Waals surface area contributed by atoms with E-state index in [9.17, 15) is 0 Å². The van der Waals surface area contributed by atoms with Crippen molar-refractivity contribution in [1.82, 2.24) is 4.90 Å². The second-order valence-electron chi connectivity index (χ2n) is 23.2. The number of nitrogens with zero attached hydrogens (tertiary/aromatic N) is 1. The molecule has 12 heteroatoms. The minimum Gasteiger partial charge on any atom is -0.400 e. The van der Waals surface area contributed by atoms with Crippen LogP contribution in [-0.4, -0.2) is 91.3 Å². The first-order valence-corrected chi connectivity index (χ1v) is 51.9. The van der Waals surface area contributed by atoms with Gasteiger partial charge in [-0.1, -0.05) is 207 Å². The van der Waals surface area contributed by atoms with Gasteiger partial charge in [0.05, 0.1) is 46.4 Å². The fourth-order valence-corrected chi connectivity index (χ4v) is 113. The monoisotopic (exact) mass is 882 g/mol. The first-order chi connectivity index (χ1) is 21.2. The molecule has 1 unspecified atom stereocenters. The molecule has 0 bridgehead atoms. The SMILES string of the molecule is CC(C)(C)[Si](C)(C)C.CC(C)(C)[Si](C)(C)P[Si](C)(C)C(C)(C)C.CCN(CC)CC.CO.C[Si](C)(C)P.C[Si](C)(C)P([Si](C)(C)C)[Si](C)(C)C. The largest absolute Gasteiger partial charge is 0.400 e. The van der Waals surface area contributed by atoms with Crippen molar-refractivity contribution in [3.05, 3.63) is 0 Å². The molecule has 0 heterocycles. The Labute approximate surface area is 334 Å². The van der Waals surface area contributed by atoms with Gasteiger partial charge in [-0.3, -0.25) is 0 Å². The van der Waals surface area contributed by atoms with Crippen molar-refractivity contribution in [3.63, 3.8) is 0 Å². The summed E-state index contributed by atoms with van der Waals surface area (Å²) in [6.45, 7) is 80.0. The standard InChI is InChI=1S/C12H31PSi2.C9H27PSi3.C7H18Si.C6H15N.C3H11PSi.CH4O/c1-11(2,3)14(7,8)13-15(9,10)12(4,5)6;1-11(2,3)10(12(4,5)6)13(7,8)9;1-7(2,3)8(4,5)6;1-4-7(5-2)6-3;1-5(2,3)4;1-2/h13H,1-10H3;1-9H3;1-6H3;4-6H2,1-3H3;4H2,1-3H3;2H,1H3. The molecule has 0 amide bonds. The maximum atomic E-state index is 7.00. The van der Waals surface area contributed by atoms with Crippen LogP contribution in [0.15, 0.2) is 0 Å². The van der Waals surface area contributed by atoms with Crippen LogP contribution in [0.25, 0.3) is 0 Å². The van der Waals surface area contributed by atoms with Crippen LogP contribution in [0, 0.1) is 0 Å². The second-order valence-corrected chi connectivity index (χ2v) is 93.2. The lowest BCUT2D eigenvalue weighted by Crippen LogP contribution is -2.43. The number of aliphatic hydroxyl groups excluding tert-OH is 1. The van der Waals surface area contributed by atoms with E-state index in [2.05, 4.69) is 221 Å². The lowest BCUT2D eigenvalue weighted by atomic mass is 10.2. The third-order valence-corrected chi connectivity index (χ3v) is 95.1. The van der Waals surface area contributed by atoms with E-state index in [1.54, 1.807) is 0 Å². The summed E-state index contributed by atoms with van der Waals surface area (Å²) in [5.41, 5.74) is 0. The molecule has 1 N–H and O–H groups in total. The zero-order valence-electron chi connectivity index (χ0n) is 41.5. The molecule has 0 aromatic carbocycles. The van der Waals surface area contributed by atoms with E-state index in [1.807, 2.05) is 0 Å². The minimum atomic E-state index is -1.06. The predicted molar refractivity (Wildman–Crippen MR) is 277 cm³/mol. The maximum Gasteiger partial charge on any atom is 0.0731 e. The van der Waals surface area contributed by atoms with Crippen LogP contribution in [0.2, 0.25) is 140 Å². The van der Waals surface area contributed by atoms with Crippen LogP contribution in [0.5, 0.6) is 0 Å². The van der Waals surface area contributed by atoms with Gasteiger partial charge < -0.3 is 10.0 Å². The quantitative estimate of drug-likeness (QED) is 0.194. The van der Waals surface area contributed by atoms with Gasteiger partial charge in [-0.05, 0) is 34.7 Å². The second kappa shape index (κ2) is 25.2. The molecule has 0 fully saturated rings. The van der Waals surface area contributed by atoms with Gasteiger partial charge in [-0.25, -0.2) is 0 Å². The van der Waals surface area contributed by atoms with Gasteiger partial charge in [-0.2, -0.15) is 0 Å². The summed E-state index contributed by atoms with van der Waals surface area (Å²) in [5.74, 6) is 0. The Morgan fingerprint density at radius 3 is 0.660 bits per heavy atom. The van der Waals surface area contributed by atoms with Crippen molar-refractivity contribution in [1.29, 1.82) is 0 Å². The van der Waals surface area contributed by atoms with E-state index in [1.165, 1.54) is 27.3 Å². The molecule has 0 spiro atoms. The molecule has 0 radical (unpaired) electrons. The summed E-state index contributed by atoms with van der Waals surface area (Å²) in [6.07, 6.45) is 0. The van der Waals surface area contributed by atoms with E-state index < -0.39 is 54.5 Å². The highest BCUT2D eigenvalue weighted by Gasteiger charge is 2.45. The number of rotatable bonds is 8. The summed E-state index contributed by atoms with van der Waals surface area (Å²) in [6, 6.07) is 0. The van der Waals surface area contributed by atoms with Crippen LogP contribution in [0.4, 0.5) is 0 Å². The lowest BCUT2D eigenvalue weighted by Gasteiger charge is -2.47. The van der Waals surface area contributed by atoms with Gasteiger partial charge in [0.2, 0.25) is 0 Å². The molecule has 0 saturated carbocycles. The van der Waals surface area contributed by atoms with Crippen LogP contribution >= 0.6 is 23.0 Å². The van der Waals surface area contributed by atoms with Gasteiger partial charge in [0.1, 0.15) is 0 Å². The zero-order chi connectivity index (χ0) is 43.0. The van der Waals surface area contributed by atoms with E-state index in [-0.39, 0.29) is 0 Å². The highest BCUT2D eigenvalue weighted by molar-refractivity contribution is 8.37. The third kappa shape index (κ3) is 35.2. The third-order valence-electron chi connectivity index (χ3n) is 9.98. The molecule has 50 heavy (non-hydrogen) atoms. The highest BCUT2D eigenvalue weighted by atomic mass is 31.8. The van der Waals surface area contributed by atoms with E-state index in [4.69, 9.17) is 5.11 Å². The molecular weight excluding hydrogens is 776 g/mol. The summed E-state index contributed by atoms with van der Waals surface area (Å²) in [5, 5.41) is 8.69. The molecule has 0 aromatic rings. The van der Waals surface area contributed by atoms with Gasteiger partial charge in [0.15, 0.2) is 0 Å². The van der Waals surface area contributed by atoms with Crippen LogP contribution in [-0.2, 0) is 0 Å². The molecule has 0 aliphatic rings. The molecule has 312 valence electrons. The smallest absolute Gasteiger partial charge is 0.0731 e. The number of aliphatic hydroxyl groups is 1. The Bertz CT molecular complexity index is 748. The molecule has 0 aliphatic carbocycles. The average molecular weight is 883 g/mol. The Balaban J connectivity index is -0.000000125. The van der Waals surface area contributed by atoms with Crippen molar-refractivity contribution >= 4 is 77.6 Å². The molecule has 0 aliphatic heterocycles. The molecule has 0 aromatic heterocycles. The topological polar surface area (TPSA) is 23.5 Å². The minimum absolute atomic E-state index is 0.433. The van der Waals surface area contributed by atoms with Crippen LogP contribution in [0.3, 0.4) is 0 Å². The molecule has 0 saturated heterocycles. The van der Waals surface area contributed by atoms with Gasteiger partial charge in [0.25, 0.3) is 0 Å². The molecule has 2 nitrogen and oxygen atoms in total. The molecular formula is C38H106NOP3Si7. The van der Waals surface area contributed by atoms with Crippen molar-refractivity contribution in [3.8, 4) is 0 Å². The Hall–Kier alpha value is 2.73. The fourth-order valence-electron chi connectivity index (χ4n) is 4.85. The molecule has 0 rings (SSSR count). The molecule has 1 atom stereocenters. The Morgan fingerprint density at radius 1 is 0.460 bits per heavy atom. The fraction of sp³-hybridized carbons (Fsp3) is 1.00. The first kappa shape index (κ1) is 64.6.